The summed E-state index contributed by atoms with van der Waals surface area (Å²) in [6.45, 7) is 7.58. The zero-order chi connectivity index (χ0) is 22.2. The Bertz CT molecular complexity index is 1150. The smallest absolute Gasteiger partial charge is 0.140 e. The molecule has 3 atom stereocenters. The first-order valence-corrected chi connectivity index (χ1v) is 11.8. The minimum Gasteiger partial charge on any atom is -0.492 e. The molecule has 0 N–H and O–H groups in total. The Hall–Kier alpha value is -2.66. The summed E-state index contributed by atoms with van der Waals surface area (Å²) in [5.41, 5.74) is 1.66. The van der Waals surface area contributed by atoms with E-state index >= 15 is 0 Å². The van der Waals surface area contributed by atoms with E-state index in [1.165, 1.54) is 19.5 Å². The molecule has 1 saturated heterocycles. The molecule has 2 aromatic carbocycles. The number of carbonyl (C=O) groups is 2. The van der Waals surface area contributed by atoms with Crippen LogP contribution in [0.15, 0.2) is 41.0 Å². The van der Waals surface area contributed by atoms with Crippen LogP contribution in [0.25, 0.3) is 21.7 Å². The van der Waals surface area contributed by atoms with Gasteiger partial charge in [-0.3, -0.25) is 9.69 Å². The van der Waals surface area contributed by atoms with Crippen LogP contribution in [0.3, 0.4) is 0 Å². The molecule has 1 aromatic heterocycles. The molecule has 0 spiro atoms. The van der Waals surface area contributed by atoms with Crippen molar-refractivity contribution in [2.45, 2.75) is 45.4 Å². The van der Waals surface area contributed by atoms with E-state index in [2.05, 4.69) is 17.0 Å². The summed E-state index contributed by atoms with van der Waals surface area (Å²) in [6, 6.07) is 10.1. The van der Waals surface area contributed by atoms with Crippen molar-refractivity contribution < 1.29 is 18.7 Å². The van der Waals surface area contributed by atoms with Gasteiger partial charge < -0.3 is 13.9 Å². The molecule has 5 heteroatoms. The lowest BCUT2D eigenvalue weighted by atomic mass is 9.87. The Morgan fingerprint density at radius 3 is 2.75 bits per heavy atom. The van der Waals surface area contributed by atoms with Crippen molar-refractivity contribution in [3.8, 4) is 5.75 Å². The number of likely N-dealkylation sites (tertiary alicyclic amines) is 1. The Balaban J connectivity index is 1.38. The highest BCUT2D eigenvalue weighted by Crippen LogP contribution is 2.44. The second-order valence-corrected chi connectivity index (χ2v) is 9.49. The van der Waals surface area contributed by atoms with Gasteiger partial charge in [0, 0.05) is 49.3 Å². The van der Waals surface area contributed by atoms with Gasteiger partial charge in [0.25, 0.3) is 0 Å². The van der Waals surface area contributed by atoms with Gasteiger partial charge in [-0.2, -0.15) is 0 Å². The molecule has 2 aliphatic rings. The van der Waals surface area contributed by atoms with Crippen molar-refractivity contribution in [1.82, 2.24) is 4.90 Å². The van der Waals surface area contributed by atoms with E-state index < -0.39 is 0 Å². The number of hydrogen-bond donors (Lipinski definition) is 0. The first kappa shape index (κ1) is 21.2. The van der Waals surface area contributed by atoms with E-state index in [1.807, 2.05) is 25.1 Å². The van der Waals surface area contributed by atoms with Crippen molar-refractivity contribution in [3.05, 3.63) is 42.2 Å². The van der Waals surface area contributed by atoms with Gasteiger partial charge in [0.1, 0.15) is 29.5 Å². The summed E-state index contributed by atoms with van der Waals surface area (Å²) in [5, 5.41) is 3.09. The largest absolute Gasteiger partial charge is 0.492 e. The molecule has 3 aromatic rings. The number of fused-ring (bicyclic) bond motifs is 4. The van der Waals surface area contributed by atoms with E-state index in [1.54, 1.807) is 13.2 Å². The van der Waals surface area contributed by atoms with Gasteiger partial charge in [0.05, 0.1) is 6.26 Å². The summed E-state index contributed by atoms with van der Waals surface area (Å²) >= 11 is 0. The maximum Gasteiger partial charge on any atom is 0.140 e. The van der Waals surface area contributed by atoms with E-state index in [4.69, 9.17) is 9.15 Å². The number of benzene rings is 2. The molecule has 168 valence electrons. The highest BCUT2D eigenvalue weighted by atomic mass is 16.5. The SMILES string of the molecule is CCC(=O)C(CCC(C)=O)c1coc2ccc3cc(OCCN4CC5CC5C4)ccc3c12. The average molecular weight is 434 g/mol. The molecule has 1 aliphatic carbocycles. The second-order valence-electron chi connectivity index (χ2n) is 9.49. The van der Waals surface area contributed by atoms with Gasteiger partial charge in [0.15, 0.2) is 0 Å². The third kappa shape index (κ3) is 4.18. The van der Waals surface area contributed by atoms with Crippen LogP contribution >= 0.6 is 0 Å². The molecule has 1 aliphatic heterocycles. The Morgan fingerprint density at radius 2 is 2.00 bits per heavy atom. The molecule has 3 unspecified atom stereocenters. The molecular weight excluding hydrogens is 402 g/mol. The quantitative estimate of drug-likeness (QED) is 0.431. The third-order valence-electron chi connectivity index (χ3n) is 7.18. The number of furan rings is 1. The molecule has 2 fully saturated rings. The normalized spacial score (nSPS) is 21.1. The van der Waals surface area contributed by atoms with Gasteiger partial charge in [0.2, 0.25) is 0 Å². The van der Waals surface area contributed by atoms with Crippen molar-refractivity contribution in [3.63, 3.8) is 0 Å². The van der Waals surface area contributed by atoms with Gasteiger partial charge in [-0.15, -0.1) is 0 Å². The number of ketones is 2. The van der Waals surface area contributed by atoms with Crippen molar-refractivity contribution in [2.75, 3.05) is 26.2 Å². The van der Waals surface area contributed by atoms with Gasteiger partial charge >= 0.3 is 0 Å². The van der Waals surface area contributed by atoms with Gasteiger partial charge in [-0.1, -0.05) is 13.0 Å². The predicted molar refractivity (Wildman–Crippen MR) is 125 cm³/mol. The Kier molecular flexibility index (Phi) is 5.76. The summed E-state index contributed by atoms with van der Waals surface area (Å²) in [4.78, 5) is 26.8. The summed E-state index contributed by atoms with van der Waals surface area (Å²) in [6.07, 6.45) is 4.48. The van der Waals surface area contributed by atoms with Crippen molar-refractivity contribution in [2.24, 2.45) is 11.8 Å². The average Bonchev–Trinajstić information content (AvgIpc) is 3.19. The van der Waals surface area contributed by atoms with E-state index in [0.717, 1.165) is 51.4 Å². The summed E-state index contributed by atoms with van der Waals surface area (Å²) in [5.74, 6) is 2.68. The molecule has 0 amide bonds. The van der Waals surface area contributed by atoms with Crippen LogP contribution < -0.4 is 4.74 Å². The lowest BCUT2D eigenvalue weighted by Crippen LogP contribution is -2.27. The number of Topliss-reactive ketones (excluding diaryl/α,β-unsaturated/α-hetero) is 2. The second kappa shape index (κ2) is 8.70. The Morgan fingerprint density at radius 1 is 1.19 bits per heavy atom. The molecule has 1 saturated carbocycles. The molecule has 32 heavy (non-hydrogen) atoms. The van der Waals surface area contributed by atoms with Crippen LogP contribution in [0.5, 0.6) is 5.75 Å². The highest BCUT2D eigenvalue weighted by molar-refractivity contribution is 6.09. The Labute approximate surface area is 188 Å². The van der Waals surface area contributed by atoms with Crippen LogP contribution in [0.4, 0.5) is 0 Å². The number of carbonyl (C=O) groups excluding carboxylic acids is 2. The van der Waals surface area contributed by atoms with Crippen molar-refractivity contribution in [1.29, 1.82) is 0 Å². The fraction of sp³-hybridized carbons (Fsp3) is 0.481. The lowest BCUT2D eigenvalue weighted by molar-refractivity contribution is -0.120. The predicted octanol–water partition coefficient (Wildman–Crippen LogP) is 5.35. The number of nitrogens with zero attached hydrogens (tertiary/aromatic N) is 1. The van der Waals surface area contributed by atoms with Crippen LogP contribution in [0.2, 0.25) is 0 Å². The number of hydrogen-bond acceptors (Lipinski definition) is 5. The zero-order valence-corrected chi connectivity index (χ0v) is 18.9. The zero-order valence-electron chi connectivity index (χ0n) is 18.9. The number of ether oxygens (including phenoxy) is 1. The van der Waals surface area contributed by atoms with Crippen LogP contribution in [0, 0.1) is 11.8 Å². The number of rotatable bonds is 10. The summed E-state index contributed by atoms with van der Waals surface area (Å²) in [7, 11) is 0. The molecule has 5 nitrogen and oxygen atoms in total. The van der Waals surface area contributed by atoms with Crippen LogP contribution in [0.1, 0.15) is 51.0 Å². The van der Waals surface area contributed by atoms with Crippen molar-refractivity contribution >= 4 is 33.3 Å². The van der Waals surface area contributed by atoms with Gasteiger partial charge in [-0.05, 0) is 66.6 Å². The molecule has 0 radical (unpaired) electrons. The van der Waals surface area contributed by atoms with E-state index in [9.17, 15) is 9.59 Å². The lowest BCUT2D eigenvalue weighted by Gasteiger charge is -2.17. The minimum absolute atomic E-state index is 0.101. The van der Waals surface area contributed by atoms with Crippen LogP contribution in [-0.2, 0) is 9.59 Å². The fourth-order valence-electron chi connectivity index (χ4n) is 5.27. The molecule has 0 bridgehead atoms. The van der Waals surface area contributed by atoms with E-state index in [-0.39, 0.29) is 17.5 Å². The molecular formula is C27H31NO4. The van der Waals surface area contributed by atoms with E-state index in [0.29, 0.717) is 25.9 Å². The fourth-order valence-corrected chi connectivity index (χ4v) is 5.27. The first-order chi connectivity index (χ1) is 15.5. The monoisotopic (exact) mass is 433 g/mol. The standard InChI is InChI=1S/C27H31NO4/c1-3-25(30)23(7-4-17(2)29)24-16-32-26-9-5-18-13-21(6-8-22(18)27(24)26)31-11-10-28-14-19-12-20(19)15-28/h5-6,8-9,13,16,19-20,23H,3-4,7,10-12,14-15H2,1-2H3. The maximum atomic E-state index is 12.7. The minimum atomic E-state index is -0.321. The maximum absolute atomic E-state index is 12.7. The topological polar surface area (TPSA) is 59.8 Å². The highest BCUT2D eigenvalue weighted by Gasteiger charge is 2.44. The summed E-state index contributed by atoms with van der Waals surface area (Å²) < 4.78 is 11.9. The molecule has 2 heterocycles. The number of piperidine rings is 1. The third-order valence-corrected chi connectivity index (χ3v) is 7.18. The first-order valence-electron chi connectivity index (χ1n) is 11.8. The molecule has 5 rings (SSSR count). The van der Waals surface area contributed by atoms with Gasteiger partial charge in [-0.25, -0.2) is 0 Å². The van der Waals surface area contributed by atoms with Crippen LogP contribution in [-0.4, -0.2) is 42.7 Å².